The average Bonchev–Trinajstić information content (AvgIpc) is 2.52. The van der Waals surface area contributed by atoms with Gasteiger partial charge in [-0.1, -0.05) is 64.7 Å². The molecular formula is C20H44NO5P. The number of unbranched alkanes of at least 4 members (excludes halogenated alkanes) is 9. The minimum absolute atomic E-state index is 0.515. The SMILES string of the molecule is CCCCCCCCCCCCOCCCC(C[N+](C)(C)C)OP(=O)([O-])O. The van der Waals surface area contributed by atoms with E-state index in [-0.39, 0.29) is 0 Å². The van der Waals surface area contributed by atoms with Gasteiger partial charge in [0.05, 0.1) is 21.1 Å². The molecule has 0 aromatic rings. The molecule has 0 aliphatic heterocycles. The summed E-state index contributed by atoms with van der Waals surface area (Å²) in [4.78, 5) is 19.9. The third kappa shape index (κ3) is 22.2. The van der Waals surface area contributed by atoms with Crippen molar-refractivity contribution >= 4 is 7.82 Å². The first kappa shape index (κ1) is 27.0. The maximum Gasteiger partial charge on any atom is 0.265 e. The number of quaternary nitrogens is 1. The highest BCUT2D eigenvalue weighted by Gasteiger charge is 2.22. The van der Waals surface area contributed by atoms with E-state index in [1.165, 1.54) is 57.8 Å². The summed E-state index contributed by atoms with van der Waals surface area (Å²) < 4.78 is 22.0. The molecule has 0 bridgehead atoms. The van der Waals surface area contributed by atoms with Crippen LogP contribution in [0.2, 0.25) is 0 Å². The molecule has 27 heavy (non-hydrogen) atoms. The van der Waals surface area contributed by atoms with Gasteiger partial charge in [0, 0.05) is 13.2 Å². The minimum atomic E-state index is -4.70. The second-order valence-corrected chi connectivity index (χ2v) is 9.75. The first-order chi connectivity index (χ1) is 12.6. The summed E-state index contributed by atoms with van der Waals surface area (Å²) in [5, 5.41) is 0. The first-order valence-corrected chi connectivity index (χ1v) is 12.2. The predicted octanol–water partition coefficient (Wildman–Crippen LogP) is 4.26. The van der Waals surface area contributed by atoms with E-state index < -0.39 is 13.9 Å². The number of phosphoric ester groups is 1. The summed E-state index contributed by atoms with van der Waals surface area (Å²) in [7, 11) is 1.19. The van der Waals surface area contributed by atoms with Gasteiger partial charge < -0.3 is 23.5 Å². The second-order valence-electron chi connectivity index (χ2n) is 8.61. The number of hydrogen-bond donors (Lipinski definition) is 1. The third-order valence-electron chi connectivity index (χ3n) is 4.49. The van der Waals surface area contributed by atoms with Crippen LogP contribution in [0.25, 0.3) is 0 Å². The van der Waals surface area contributed by atoms with Crippen LogP contribution in [0.15, 0.2) is 0 Å². The zero-order valence-corrected chi connectivity index (χ0v) is 19.1. The fourth-order valence-electron chi connectivity index (χ4n) is 3.18. The highest BCUT2D eigenvalue weighted by atomic mass is 31.2. The van der Waals surface area contributed by atoms with E-state index in [1.54, 1.807) is 0 Å². The van der Waals surface area contributed by atoms with E-state index in [2.05, 4.69) is 6.92 Å². The molecule has 0 aromatic heterocycles. The normalized spacial score (nSPS) is 15.6. The average molecular weight is 410 g/mol. The molecule has 164 valence electrons. The second kappa shape index (κ2) is 15.9. The van der Waals surface area contributed by atoms with Gasteiger partial charge in [-0.2, -0.15) is 0 Å². The maximum atomic E-state index is 11.0. The van der Waals surface area contributed by atoms with Crippen LogP contribution >= 0.6 is 7.82 Å². The summed E-state index contributed by atoms with van der Waals surface area (Å²) in [6.45, 7) is 4.13. The molecule has 2 atom stereocenters. The van der Waals surface area contributed by atoms with Gasteiger partial charge in [-0.05, 0) is 19.3 Å². The van der Waals surface area contributed by atoms with Crippen molar-refractivity contribution in [1.82, 2.24) is 0 Å². The van der Waals surface area contributed by atoms with E-state index in [1.807, 2.05) is 21.1 Å². The van der Waals surface area contributed by atoms with Gasteiger partial charge >= 0.3 is 0 Å². The Morgan fingerprint density at radius 2 is 1.37 bits per heavy atom. The third-order valence-corrected chi connectivity index (χ3v) is 5.06. The first-order valence-electron chi connectivity index (χ1n) is 10.7. The van der Waals surface area contributed by atoms with Crippen molar-refractivity contribution in [2.24, 2.45) is 0 Å². The summed E-state index contributed by atoms with van der Waals surface area (Å²) in [5.74, 6) is 0. The smallest absolute Gasteiger partial charge is 0.265 e. The Balaban J connectivity index is 3.58. The maximum absolute atomic E-state index is 11.0. The predicted molar refractivity (Wildman–Crippen MR) is 109 cm³/mol. The Bertz CT molecular complexity index is 381. The van der Waals surface area contributed by atoms with E-state index in [0.29, 0.717) is 24.1 Å². The molecule has 6 nitrogen and oxygen atoms in total. The van der Waals surface area contributed by atoms with Crippen LogP contribution in [0.1, 0.15) is 84.0 Å². The van der Waals surface area contributed by atoms with E-state index in [4.69, 9.17) is 14.2 Å². The molecule has 0 saturated carbocycles. The van der Waals surface area contributed by atoms with Crippen LogP contribution in [0.4, 0.5) is 0 Å². The minimum Gasteiger partial charge on any atom is -0.756 e. The van der Waals surface area contributed by atoms with Crippen molar-refractivity contribution in [3.63, 3.8) is 0 Å². The number of rotatable bonds is 19. The largest absolute Gasteiger partial charge is 0.756 e. The van der Waals surface area contributed by atoms with Crippen molar-refractivity contribution in [2.45, 2.75) is 90.1 Å². The molecule has 0 fully saturated rings. The van der Waals surface area contributed by atoms with Crippen molar-refractivity contribution in [3.8, 4) is 0 Å². The Labute approximate surface area is 167 Å². The molecule has 0 aromatic carbocycles. The lowest BCUT2D eigenvalue weighted by atomic mass is 10.1. The molecule has 0 radical (unpaired) electrons. The number of nitrogens with zero attached hydrogens (tertiary/aromatic N) is 1. The molecule has 1 N–H and O–H groups in total. The van der Waals surface area contributed by atoms with Gasteiger partial charge in [0.2, 0.25) is 0 Å². The van der Waals surface area contributed by atoms with Gasteiger partial charge in [-0.3, -0.25) is 4.57 Å². The van der Waals surface area contributed by atoms with Crippen LogP contribution in [0, 0.1) is 0 Å². The fourth-order valence-corrected chi connectivity index (χ4v) is 3.73. The van der Waals surface area contributed by atoms with Gasteiger partial charge in [-0.15, -0.1) is 0 Å². The standard InChI is InChI=1S/C20H44NO5P/c1-5-6-7-8-9-10-11-12-13-14-17-25-18-15-16-20(19-21(2,3)4)26-27(22,23)24/h20H,5-19H2,1-4H3,(H-,22,23,24). The topological polar surface area (TPSA) is 78.8 Å². The van der Waals surface area contributed by atoms with Crippen molar-refractivity contribution in [1.29, 1.82) is 0 Å². The van der Waals surface area contributed by atoms with Gasteiger partial charge in [0.1, 0.15) is 12.6 Å². The fraction of sp³-hybridized carbons (Fsp3) is 1.00. The summed E-state index contributed by atoms with van der Waals surface area (Å²) in [5.41, 5.74) is 0. The molecule has 0 spiro atoms. The molecule has 0 rings (SSSR count). The van der Waals surface area contributed by atoms with Crippen LogP contribution < -0.4 is 4.89 Å². The molecule has 0 amide bonds. The van der Waals surface area contributed by atoms with E-state index in [0.717, 1.165) is 19.4 Å². The lowest BCUT2D eigenvalue weighted by Crippen LogP contribution is -2.42. The molecule has 0 aliphatic rings. The Morgan fingerprint density at radius 3 is 1.85 bits per heavy atom. The zero-order valence-electron chi connectivity index (χ0n) is 18.2. The van der Waals surface area contributed by atoms with Crippen LogP contribution in [-0.2, 0) is 13.8 Å². The van der Waals surface area contributed by atoms with Crippen LogP contribution in [-0.4, -0.2) is 56.4 Å². The quantitative estimate of drug-likeness (QED) is 0.196. The summed E-state index contributed by atoms with van der Waals surface area (Å²) >= 11 is 0. The van der Waals surface area contributed by atoms with Crippen molar-refractivity contribution in [3.05, 3.63) is 0 Å². The highest BCUT2D eigenvalue weighted by Crippen LogP contribution is 2.34. The van der Waals surface area contributed by atoms with Crippen molar-refractivity contribution in [2.75, 3.05) is 40.9 Å². The molecule has 0 saturated heterocycles. The molecular weight excluding hydrogens is 365 g/mol. The lowest BCUT2D eigenvalue weighted by Gasteiger charge is -2.31. The number of likely N-dealkylation sites (N-methyl/N-ethyl adjacent to an activating group) is 1. The lowest BCUT2D eigenvalue weighted by molar-refractivity contribution is -0.873. The number of phosphoric acid groups is 1. The summed E-state index contributed by atoms with van der Waals surface area (Å²) in [6.07, 6.45) is 13.8. The Hall–Kier alpha value is 0.0300. The van der Waals surface area contributed by atoms with Gasteiger partial charge in [-0.25, -0.2) is 0 Å². The van der Waals surface area contributed by atoms with Gasteiger partial charge in [0.15, 0.2) is 0 Å². The van der Waals surface area contributed by atoms with Gasteiger partial charge in [0.25, 0.3) is 7.82 Å². The summed E-state index contributed by atoms with van der Waals surface area (Å²) in [6, 6.07) is 0. The molecule has 0 heterocycles. The molecule has 7 heteroatoms. The van der Waals surface area contributed by atoms with Crippen LogP contribution in [0.5, 0.6) is 0 Å². The van der Waals surface area contributed by atoms with E-state index in [9.17, 15) is 9.46 Å². The van der Waals surface area contributed by atoms with E-state index >= 15 is 0 Å². The Kier molecular flexibility index (Phi) is 15.9. The van der Waals surface area contributed by atoms with Crippen molar-refractivity contribution < 1.29 is 28.1 Å². The number of hydrogen-bond acceptors (Lipinski definition) is 4. The Morgan fingerprint density at radius 1 is 0.889 bits per heavy atom. The molecule has 0 aliphatic carbocycles. The molecule has 2 unspecified atom stereocenters. The highest BCUT2D eigenvalue weighted by molar-refractivity contribution is 7.44. The monoisotopic (exact) mass is 409 g/mol. The van der Waals surface area contributed by atoms with Crippen LogP contribution in [0.3, 0.4) is 0 Å². The zero-order chi connectivity index (χ0) is 20.6. The number of ether oxygens (including phenoxy) is 1.